The lowest BCUT2D eigenvalue weighted by Crippen LogP contribution is -2.35. The standard InChI is InChI=1S/C12H18N4/c1-5-13-12(14-6-1)9-16-7-4-10-2-3-11(8-16)15-10/h1,5-6,10-11,15H,2-4,7-9H2. The van der Waals surface area contributed by atoms with Crippen LogP contribution in [0.15, 0.2) is 18.5 Å². The van der Waals surface area contributed by atoms with Gasteiger partial charge in [-0.05, 0) is 25.3 Å². The molecule has 2 atom stereocenters. The van der Waals surface area contributed by atoms with Crippen LogP contribution in [0.3, 0.4) is 0 Å². The number of nitrogens with zero attached hydrogens (tertiary/aromatic N) is 3. The van der Waals surface area contributed by atoms with Crippen LogP contribution in [0.4, 0.5) is 0 Å². The fourth-order valence-corrected chi connectivity index (χ4v) is 2.77. The maximum absolute atomic E-state index is 4.29. The summed E-state index contributed by atoms with van der Waals surface area (Å²) in [5, 5.41) is 3.69. The van der Waals surface area contributed by atoms with Crippen LogP contribution in [0, 0.1) is 0 Å². The average molecular weight is 218 g/mol. The van der Waals surface area contributed by atoms with E-state index in [0.29, 0.717) is 6.04 Å². The highest BCUT2D eigenvalue weighted by molar-refractivity contribution is 4.93. The Bertz CT molecular complexity index is 340. The Morgan fingerprint density at radius 2 is 2.00 bits per heavy atom. The SMILES string of the molecule is c1cnc(CN2CCC3CCC(C2)N3)nc1. The molecule has 3 rings (SSSR count). The molecule has 1 aromatic rings. The van der Waals surface area contributed by atoms with Crippen molar-refractivity contribution in [2.24, 2.45) is 0 Å². The van der Waals surface area contributed by atoms with Crippen LogP contribution >= 0.6 is 0 Å². The number of aromatic nitrogens is 2. The van der Waals surface area contributed by atoms with E-state index in [0.717, 1.165) is 25.0 Å². The normalized spacial score (nSPS) is 30.2. The maximum atomic E-state index is 4.29. The first-order chi connectivity index (χ1) is 7.90. The summed E-state index contributed by atoms with van der Waals surface area (Å²) in [4.78, 5) is 11.1. The Morgan fingerprint density at radius 1 is 1.19 bits per heavy atom. The van der Waals surface area contributed by atoms with E-state index in [-0.39, 0.29) is 0 Å². The fourth-order valence-electron chi connectivity index (χ4n) is 2.77. The summed E-state index contributed by atoms with van der Waals surface area (Å²) < 4.78 is 0. The first-order valence-electron chi connectivity index (χ1n) is 6.14. The van der Waals surface area contributed by atoms with Crippen molar-refractivity contribution < 1.29 is 0 Å². The van der Waals surface area contributed by atoms with Gasteiger partial charge >= 0.3 is 0 Å². The number of nitrogens with one attached hydrogen (secondary N) is 1. The van der Waals surface area contributed by atoms with Crippen molar-refractivity contribution >= 4 is 0 Å². The van der Waals surface area contributed by atoms with Gasteiger partial charge in [0.1, 0.15) is 5.82 Å². The molecule has 16 heavy (non-hydrogen) atoms. The largest absolute Gasteiger partial charge is 0.310 e. The third-order valence-electron chi connectivity index (χ3n) is 3.59. The molecule has 2 unspecified atom stereocenters. The number of likely N-dealkylation sites (tertiary alicyclic amines) is 1. The second kappa shape index (κ2) is 4.47. The zero-order valence-corrected chi connectivity index (χ0v) is 9.47. The molecule has 3 heterocycles. The minimum Gasteiger partial charge on any atom is -0.310 e. The van der Waals surface area contributed by atoms with Crippen LogP contribution in [0.2, 0.25) is 0 Å². The predicted octanol–water partition coefficient (Wildman–Crippen LogP) is 0.803. The third kappa shape index (κ3) is 2.23. The molecule has 4 heteroatoms. The van der Waals surface area contributed by atoms with E-state index in [4.69, 9.17) is 0 Å². The molecule has 0 radical (unpaired) electrons. The highest BCUT2D eigenvalue weighted by Crippen LogP contribution is 2.20. The van der Waals surface area contributed by atoms with Gasteiger partial charge in [-0.3, -0.25) is 4.90 Å². The average Bonchev–Trinajstić information content (AvgIpc) is 2.64. The van der Waals surface area contributed by atoms with Crippen molar-refractivity contribution in [1.29, 1.82) is 0 Å². The summed E-state index contributed by atoms with van der Waals surface area (Å²) in [6.07, 6.45) is 7.61. The van der Waals surface area contributed by atoms with E-state index in [1.54, 1.807) is 0 Å². The van der Waals surface area contributed by atoms with Gasteiger partial charge in [-0.25, -0.2) is 9.97 Å². The fraction of sp³-hybridized carbons (Fsp3) is 0.667. The van der Waals surface area contributed by atoms with Crippen molar-refractivity contribution in [1.82, 2.24) is 20.2 Å². The Balaban J connectivity index is 1.63. The van der Waals surface area contributed by atoms with Crippen LogP contribution in [-0.4, -0.2) is 40.0 Å². The van der Waals surface area contributed by atoms with Crippen molar-refractivity contribution in [2.75, 3.05) is 13.1 Å². The highest BCUT2D eigenvalue weighted by atomic mass is 15.2. The molecule has 0 saturated carbocycles. The summed E-state index contributed by atoms with van der Waals surface area (Å²) in [6.45, 7) is 3.22. The monoisotopic (exact) mass is 218 g/mol. The molecular weight excluding hydrogens is 200 g/mol. The molecule has 1 aromatic heterocycles. The second-order valence-corrected chi connectivity index (χ2v) is 4.83. The summed E-state index contributed by atoms with van der Waals surface area (Å²) in [6, 6.07) is 3.32. The highest BCUT2D eigenvalue weighted by Gasteiger charge is 2.29. The van der Waals surface area contributed by atoms with Crippen molar-refractivity contribution in [3.8, 4) is 0 Å². The Hall–Kier alpha value is -1.00. The predicted molar refractivity (Wildman–Crippen MR) is 61.9 cm³/mol. The van der Waals surface area contributed by atoms with Crippen LogP contribution in [0.5, 0.6) is 0 Å². The van der Waals surface area contributed by atoms with Gasteiger partial charge in [0.25, 0.3) is 0 Å². The lowest BCUT2D eigenvalue weighted by Gasteiger charge is -2.22. The topological polar surface area (TPSA) is 41.1 Å². The molecule has 2 aliphatic heterocycles. The summed E-state index contributed by atoms with van der Waals surface area (Å²) in [5.41, 5.74) is 0. The Kier molecular flexibility index (Phi) is 2.84. The zero-order valence-electron chi connectivity index (χ0n) is 9.47. The summed E-state index contributed by atoms with van der Waals surface area (Å²) in [5.74, 6) is 0.945. The molecule has 1 N–H and O–H groups in total. The smallest absolute Gasteiger partial charge is 0.142 e. The van der Waals surface area contributed by atoms with Gasteiger partial charge in [-0.2, -0.15) is 0 Å². The minimum atomic E-state index is 0.691. The van der Waals surface area contributed by atoms with Gasteiger partial charge in [0, 0.05) is 37.6 Å². The molecule has 0 spiro atoms. The van der Waals surface area contributed by atoms with E-state index < -0.39 is 0 Å². The van der Waals surface area contributed by atoms with Crippen molar-refractivity contribution in [3.63, 3.8) is 0 Å². The number of rotatable bonds is 2. The van der Waals surface area contributed by atoms with Gasteiger partial charge in [0.15, 0.2) is 0 Å². The molecule has 2 fully saturated rings. The first kappa shape index (κ1) is 10.2. The third-order valence-corrected chi connectivity index (χ3v) is 3.59. The molecule has 0 amide bonds. The molecule has 0 aliphatic carbocycles. The molecule has 0 aromatic carbocycles. The van der Waals surface area contributed by atoms with Crippen molar-refractivity contribution in [2.45, 2.75) is 37.9 Å². The minimum absolute atomic E-state index is 0.691. The van der Waals surface area contributed by atoms with E-state index in [9.17, 15) is 0 Å². The van der Waals surface area contributed by atoms with Crippen LogP contribution < -0.4 is 5.32 Å². The van der Waals surface area contributed by atoms with Gasteiger partial charge in [-0.1, -0.05) is 0 Å². The van der Waals surface area contributed by atoms with Crippen molar-refractivity contribution in [3.05, 3.63) is 24.3 Å². The quantitative estimate of drug-likeness (QED) is 0.797. The van der Waals surface area contributed by atoms with Gasteiger partial charge in [-0.15, -0.1) is 0 Å². The molecular formula is C12H18N4. The maximum Gasteiger partial charge on any atom is 0.142 e. The first-order valence-corrected chi connectivity index (χ1v) is 6.14. The molecule has 2 aliphatic rings. The lowest BCUT2D eigenvalue weighted by molar-refractivity contribution is 0.245. The van der Waals surface area contributed by atoms with Crippen LogP contribution in [0.25, 0.3) is 0 Å². The molecule has 86 valence electrons. The lowest BCUT2D eigenvalue weighted by atomic mass is 10.1. The van der Waals surface area contributed by atoms with E-state index in [2.05, 4.69) is 20.2 Å². The summed E-state index contributed by atoms with van der Waals surface area (Å²) >= 11 is 0. The van der Waals surface area contributed by atoms with Gasteiger partial charge in [0.2, 0.25) is 0 Å². The van der Waals surface area contributed by atoms with Crippen LogP contribution in [0.1, 0.15) is 25.1 Å². The Labute approximate surface area is 96.1 Å². The second-order valence-electron chi connectivity index (χ2n) is 4.83. The molecule has 4 nitrogen and oxygen atoms in total. The molecule has 2 bridgehead atoms. The molecule has 2 saturated heterocycles. The summed E-state index contributed by atoms with van der Waals surface area (Å²) in [7, 11) is 0. The van der Waals surface area contributed by atoms with Crippen LogP contribution in [-0.2, 0) is 6.54 Å². The van der Waals surface area contributed by atoms with E-state index >= 15 is 0 Å². The number of hydrogen-bond donors (Lipinski definition) is 1. The zero-order chi connectivity index (χ0) is 10.8. The van der Waals surface area contributed by atoms with Gasteiger partial charge < -0.3 is 5.32 Å². The Morgan fingerprint density at radius 3 is 2.88 bits per heavy atom. The number of hydrogen-bond acceptors (Lipinski definition) is 4. The van der Waals surface area contributed by atoms with E-state index in [1.165, 1.54) is 25.8 Å². The number of fused-ring (bicyclic) bond motifs is 2. The van der Waals surface area contributed by atoms with E-state index in [1.807, 2.05) is 18.5 Å². The van der Waals surface area contributed by atoms with Gasteiger partial charge in [0.05, 0.1) is 6.54 Å².